The van der Waals surface area contributed by atoms with Crippen LogP contribution in [0.1, 0.15) is 92.9 Å². The first-order valence-electron chi connectivity index (χ1n) is 22.8. The summed E-state index contributed by atoms with van der Waals surface area (Å²) < 4.78 is 18.4. The van der Waals surface area contributed by atoms with E-state index in [-0.39, 0.29) is 37.9 Å². The van der Waals surface area contributed by atoms with E-state index in [9.17, 15) is 19.2 Å². The van der Waals surface area contributed by atoms with Gasteiger partial charge in [0.15, 0.2) is 12.6 Å². The molecule has 0 fully saturated rings. The van der Waals surface area contributed by atoms with E-state index in [1.807, 2.05) is 88.4 Å². The maximum atomic E-state index is 14.1. The molecular formula is C50H71N7O7. The second-order valence-corrected chi connectivity index (χ2v) is 17.6. The summed E-state index contributed by atoms with van der Waals surface area (Å²) in [7, 11) is 0. The van der Waals surface area contributed by atoms with Crippen LogP contribution in [0.15, 0.2) is 77.8 Å². The minimum atomic E-state index is -1.08. The number of fused-ring (bicyclic) bond motifs is 2. The van der Waals surface area contributed by atoms with E-state index in [1.165, 1.54) is 0 Å². The number of hydrogen-bond donors (Lipinski definition) is 6. The van der Waals surface area contributed by atoms with Gasteiger partial charge in [0, 0.05) is 17.7 Å². The van der Waals surface area contributed by atoms with Gasteiger partial charge in [-0.3, -0.25) is 19.4 Å². The zero-order valence-corrected chi connectivity index (χ0v) is 38.6. The van der Waals surface area contributed by atoms with Crippen molar-refractivity contribution in [3.8, 4) is 22.6 Å². The van der Waals surface area contributed by atoms with E-state index in [1.54, 1.807) is 0 Å². The smallest absolute Gasteiger partial charge is 0.328 e. The molecule has 0 radical (unpaired) electrons. The molecule has 0 aliphatic heterocycles. The molecule has 14 heteroatoms. The van der Waals surface area contributed by atoms with Gasteiger partial charge < -0.3 is 47.4 Å². The Hall–Kier alpha value is -5.89. The first-order valence-corrected chi connectivity index (χ1v) is 22.8. The van der Waals surface area contributed by atoms with Gasteiger partial charge in [0.1, 0.15) is 29.6 Å². The fourth-order valence-corrected chi connectivity index (χ4v) is 7.30. The van der Waals surface area contributed by atoms with Gasteiger partial charge in [-0.15, -0.1) is 0 Å². The van der Waals surface area contributed by atoms with E-state index in [0.29, 0.717) is 68.6 Å². The molecule has 9 N–H and O–H groups in total. The summed E-state index contributed by atoms with van der Waals surface area (Å²) in [5, 5.41) is 12.5. The Morgan fingerprint density at radius 2 is 1.12 bits per heavy atom. The van der Waals surface area contributed by atoms with Crippen molar-refractivity contribution in [1.82, 2.24) is 16.0 Å². The van der Waals surface area contributed by atoms with E-state index in [4.69, 9.17) is 31.4 Å². The van der Waals surface area contributed by atoms with E-state index in [0.717, 1.165) is 39.1 Å². The van der Waals surface area contributed by atoms with Gasteiger partial charge in [-0.05, 0) is 109 Å². The van der Waals surface area contributed by atoms with Crippen molar-refractivity contribution >= 4 is 51.2 Å². The number of aliphatic imine (C=N–C) groups is 1. The molecule has 0 unspecified atom stereocenters. The van der Waals surface area contributed by atoms with Crippen LogP contribution in [0.5, 0.6) is 11.5 Å². The largest absolute Gasteiger partial charge is 0.493 e. The Kier molecular flexibility index (Phi) is 20.6. The van der Waals surface area contributed by atoms with Gasteiger partial charge in [-0.1, -0.05) is 102 Å². The standard InChI is InChI=1S/C50H71N7O7/c1-32(2)24-28-62-42-22-20-35-14-7-9-16-37(35)45(42)46-38-17-10-8-15-36(38)21-23-43(46)64-31-44(58)55-39(18-11-12-26-51)47(59)56-40(19-13-27-54-50(52)53)48(60)57-41(30-34(5)6)49(61)63-29-25-33(3)4/h7-10,14-17,20-23,32-34,39-41H,11-13,18-19,24-31,51H2,1-6H3,(H,55,58)(H,56,59)(H,57,60)(H4,52,53,54)/t39-,40+,41+/m1/s1. The number of ether oxygens (including phenoxy) is 3. The van der Waals surface area contributed by atoms with E-state index < -0.39 is 48.4 Å². The molecule has 0 heterocycles. The summed E-state index contributed by atoms with van der Waals surface area (Å²) >= 11 is 0. The third-order valence-electron chi connectivity index (χ3n) is 10.8. The molecule has 0 saturated heterocycles. The number of esters is 1. The summed E-state index contributed by atoms with van der Waals surface area (Å²) in [5.41, 5.74) is 18.5. The van der Waals surface area contributed by atoms with Gasteiger partial charge in [-0.2, -0.15) is 0 Å². The zero-order valence-electron chi connectivity index (χ0n) is 38.6. The molecule has 0 aromatic heterocycles. The van der Waals surface area contributed by atoms with Crippen molar-refractivity contribution in [1.29, 1.82) is 0 Å². The lowest BCUT2D eigenvalue weighted by Crippen LogP contribution is -2.56. The number of carbonyl (C=O) groups excluding carboxylic acids is 4. The second-order valence-electron chi connectivity index (χ2n) is 17.6. The number of amides is 3. The van der Waals surface area contributed by atoms with Crippen LogP contribution in [-0.2, 0) is 23.9 Å². The van der Waals surface area contributed by atoms with Crippen LogP contribution in [0.4, 0.5) is 0 Å². The monoisotopic (exact) mass is 882 g/mol. The summed E-state index contributed by atoms with van der Waals surface area (Å²) in [6.07, 6.45) is 3.79. The summed E-state index contributed by atoms with van der Waals surface area (Å²) in [4.78, 5) is 59.1. The molecule has 0 aliphatic carbocycles. The molecule has 4 aromatic carbocycles. The van der Waals surface area contributed by atoms with Crippen LogP contribution in [0, 0.1) is 17.8 Å². The van der Waals surface area contributed by atoms with Crippen LogP contribution in [0.2, 0.25) is 0 Å². The predicted octanol–water partition coefficient (Wildman–Crippen LogP) is 6.74. The number of nitrogens with two attached hydrogens (primary N) is 3. The summed E-state index contributed by atoms with van der Waals surface area (Å²) in [5.74, 6) is -0.281. The average Bonchev–Trinajstić information content (AvgIpc) is 3.25. The highest BCUT2D eigenvalue weighted by Crippen LogP contribution is 2.45. The molecule has 348 valence electrons. The highest BCUT2D eigenvalue weighted by molar-refractivity contribution is 6.10. The van der Waals surface area contributed by atoms with Crippen molar-refractivity contribution in [2.75, 3.05) is 32.9 Å². The lowest BCUT2D eigenvalue weighted by Gasteiger charge is -2.26. The molecule has 0 bridgehead atoms. The fourth-order valence-electron chi connectivity index (χ4n) is 7.30. The minimum absolute atomic E-state index is 0.0602. The molecule has 0 saturated carbocycles. The van der Waals surface area contributed by atoms with Crippen LogP contribution in [0.25, 0.3) is 32.7 Å². The Balaban J connectivity index is 1.60. The van der Waals surface area contributed by atoms with Crippen molar-refractivity contribution in [2.45, 2.75) is 111 Å². The maximum absolute atomic E-state index is 14.1. The SMILES string of the molecule is CC(C)CCOC(=O)[C@H](CC(C)C)NC(=O)[C@H](CCCN=C(N)N)NC(=O)[C@@H](CCCCN)NC(=O)COc1ccc2ccccc2c1-c1c(OCCC(C)C)ccc2ccccc12. The molecule has 4 rings (SSSR count). The number of nitrogens with one attached hydrogen (secondary N) is 3. The third kappa shape index (κ3) is 16.0. The Bertz CT molecular complexity index is 2170. The topological polar surface area (TPSA) is 222 Å². The number of carbonyl (C=O) groups is 4. The van der Waals surface area contributed by atoms with Crippen LogP contribution in [-0.4, -0.2) is 80.7 Å². The van der Waals surface area contributed by atoms with Gasteiger partial charge in [-0.25, -0.2) is 4.79 Å². The molecule has 3 amide bonds. The highest BCUT2D eigenvalue weighted by Gasteiger charge is 2.31. The van der Waals surface area contributed by atoms with Gasteiger partial charge >= 0.3 is 5.97 Å². The van der Waals surface area contributed by atoms with Gasteiger partial charge in [0.25, 0.3) is 5.91 Å². The molecular weight excluding hydrogens is 811 g/mol. The first-order chi connectivity index (χ1) is 30.7. The number of guanidine groups is 1. The fraction of sp³-hybridized carbons (Fsp3) is 0.500. The molecule has 0 aliphatic rings. The Labute approximate surface area is 378 Å². The van der Waals surface area contributed by atoms with E-state index >= 15 is 0 Å². The van der Waals surface area contributed by atoms with Crippen LogP contribution < -0.4 is 42.6 Å². The maximum Gasteiger partial charge on any atom is 0.328 e. The van der Waals surface area contributed by atoms with Crippen molar-refractivity contribution in [3.05, 3.63) is 72.8 Å². The van der Waals surface area contributed by atoms with Crippen molar-refractivity contribution in [3.63, 3.8) is 0 Å². The van der Waals surface area contributed by atoms with E-state index in [2.05, 4.69) is 46.9 Å². The number of hydrogen-bond acceptors (Lipinski definition) is 9. The van der Waals surface area contributed by atoms with Crippen LogP contribution in [0.3, 0.4) is 0 Å². The highest BCUT2D eigenvalue weighted by atomic mass is 16.5. The van der Waals surface area contributed by atoms with Crippen molar-refractivity contribution in [2.24, 2.45) is 39.9 Å². The predicted molar refractivity (Wildman–Crippen MR) is 256 cm³/mol. The molecule has 0 spiro atoms. The van der Waals surface area contributed by atoms with Gasteiger partial charge in [0.05, 0.1) is 13.2 Å². The number of benzene rings is 4. The molecule has 4 aromatic rings. The normalized spacial score (nSPS) is 12.8. The lowest BCUT2D eigenvalue weighted by atomic mass is 9.92. The third-order valence-corrected chi connectivity index (χ3v) is 10.8. The molecule has 14 nitrogen and oxygen atoms in total. The lowest BCUT2D eigenvalue weighted by molar-refractivity contribution is -0.149. The number of nitrogens with zero attached hydrogens (tertiary/aromatic N) is 1. The number of rotatable bonds is 27. The minimum Gasteiger partial charge on any atom is -0.493 e. The molecule has 64 heavy (non-hydrogen) atoms. The molecule has 3 atom stereocenters. The first kappa shape index (κ1) is 50.8. The summed E-state index contributed by atoms with van der Waals surface area (Å²) in [6.45, 7) is 13.2. The summed E-state index contributed by atoms with van der Waals surface area (Å²) in [6, 6.07) is 20.9. The van der Waals surface area contributed by atoms with Crippen LogP contribution >= 0.6 is 0 Å². The average molecular weight is 882 g/mol. The Morgan fingerprint density at radius 1 is 0.594 bits per heavy atom. The Morgan fingerprint density at radius 3 is 1.69 bits per heavy atom. The van der Waals surface area contributed by atoms with Crippen molar-refractivity contribution < 1.29 is 33.4 Å². The number of unbranched alkanes of at least 4 members (excludes halogenated alkanes) is 1. The second kappa shape index (κ2) is 26.0. The zero-order chi connectivity index (χ0) is 46.6. The van der Waals surface area contributed by atoms with Gasteiger partial charge in [0.2, 0.25) is 11.8 Å². The quantitative estimate of drug-likeness (QED) is 0.0160.